The Balaban J connectivity index is 1.53. The van der Waals surface area contributed by atoms with E-state index in [2.05, 4.69) is 4.98 Å². The van der Waals surface area contributed by atoms with Gasteiger partial charge >= 0.3 is 0 Å². The second kappa shape index (κ2) is 6.80. The maximum atomic E-state index is 13.3. The van der Waals surface area contributed by atoms with E-state index in [4.69, 9.17) is 9.47 Å². The molecule has 0 saturated heterocycles. The molecule has 0 fully saturated rings. The molecule has 0 N–H and O–H groups in total. The van der Waals surface area contributed by atoms with E-state index in [9.17, 15) is 4.79 Å². The lowest BCUT2D eigenvalue weighted by Crippen LogP contribution is -2.36. The van der Waals surface area contributed by atoms with Gasteiger partial charge in [-0.15, -0.1) is 11.3 Å². The molecule has 2 aromatic heterocycles. The Hall–Kier alpha value is -3.12. The smallest absolute Gasteiger partial charge is 0.262 e. The van der Waals surface area contributed by atoms with Gasteiger partial charge in [-0.2, -0.15) is 0 Å². The molecule has 0 radical (unpaired) electrons. The number of hydrogen-bond donors (Lipinski definition) is 0. The highest BCUT2D eigenvalue weighted by Gasteiger charge is 2.23. The van der Waals surface area contributed by atoms with Crippen LogP contribution >= 0.6 is 11.3 Å². The second-order valence-electron chi connectivity index (χ2n) is 6.78. The zero-order valence-corrected chi connectivity index (χ0v) is 16.1. The first-order valence-corrected chi connectivity index (χ1v) is 9.95. The molecule has 1 aliphatic heterocycles. The lowest BCUT2D eigenvalue weighted by molar-refractivity contribution is 0.0777. The van der Waals surface area contributed by atoms with E-state index in [1.54, 1.807) is 22.2 Å². The van der Waals surface area contributed by atoms with Gasteiger partial charge in [-0.05, 0) is 24.6 Å². The third kappa shape index (κ3) is 2.86. The van der Waals surface area contributed by atoms with Crippen LogP contribution in [0.3, 0.4) is 0 Å². The van der Waals surface area contributed by atoms with Crippen LogP contribution in [0.25, 0.3) is 21.3 Å². The Morgan fingerprint density at radius 2 is 1.86 bits per heavy atom. The lowest BCUT2D eigenvalue weighted by atomic mass is 10.0. The lowest BCUT2D eigenvalue weighted by Gasteiger charge is -2.26. The highest BCUT2D eigenvalue weighted by molar-refractivity contribution is 7.19. The van der Waals surface area contributed by atoms with Crippen molar-refractivity contribution >= 4 is 21.6 Å². The van der Waals surface area contributed by atoms with Gasteiger partial charge in [0.2, 0.25) is 0 Å². The van der Waals surface area contributed by atoms with Crippen LogP contribution in [0.5, 0.6) is 11.5 Å². The number of thiophene rings is 1. The fraction of sp³-hybridized carbons (Fsp3) is 0.182. The van der Waals surface area contributed by atoms with Crippen LogP contribution in [0.2, 0.25) is 0 Å². The summed E-state index contributed by atoms with van der Waals surface area (Å²) in [5, 5.41) is 0.674. The van der Waals surface area contributed by atoms with Gasteiger partial charge in [0.1, 0.15) is 11.4 Å². The average molecular weight is 390 g/mol. The van der Waals surface area contributed by atoms with Gasteiger partial charge in [0.25, 0.3) is 5.56 Å². The Bertz CT molecular complexity index is 1210. The van der Waals surface area contributed by atoms with Crippen molar-refractivity contribution in [2.75, 3.05) is 6.61 Å². The van der Waals surface area contributed by atoms with Gasteiger partial charge in [-0.1, -0.05) is 42.5 Å². The molecule has 140 valence electrons. The molecular formula is C22H18N2O3S. The number of para-hydroxylation sites is 2. The Labute approximate surface area is 165 Å². The van der Waals surface area contributed by atoms with E-state index in [0.717, 1.165) is 26.6 Å². The molecular weight excluding hydrogens is 372 g/mol. The first kappa shape index (κ1) is 17.0. The number of aromatic nitrogens is 2. The highest BCUT2D eigenvalue weighted by atomic mass is 32.1. The van der Waals surface area contributed by atoms with Crippen molar-refractivity contribution in [1.29, 1.82) is 0 Å². The van der Waals surface area contributed by atoms with E-state index in [-0.39, 0.29) is 11.7 Å². The summed E-state index contributed by atoms with van der Waals surface area (Å²) in [6, 6.07) is 17.6. The van der Waals surface area contributed by atoms with Crippen molar-refractivity contribution in [2.45, 2.75) is 19.6 Å². The van der Waals surface area contributed by atoms with Crippen LogP contribution in [0.4, 0.5) is 0 Å². The van der Waals surface area contributed by atoms with Gasteiger partial charge in [-0.3, -0.25) is 9.36 Å². The molecule has 0 spiro atoms. The molecule has 28 heavy (non-hydrogen) atoms. The van der Waals surface area contributed by atoms with Crippen LogP contribution in [0.15, 0.2) is 65.7 Å². The quantitative estimate of drug-likeness (QED) is 0.524. The first-order valence-electron chi connectivity index (χ1n) is 9.13. The molecule has 3 heterocycles. The summed E-state index contributed by atoms with van der Waals surface area (Å²) in [6.07, 6.45) is 1.37. The third-order valence-corrected chi connectivity index (χ3v) is 5.90. The fourth-order valence-electron chi connectivity index (χ4n) is 3.59. The van der Waals surface area contributed by atoms with Crippen molar-refractivity contribution in [3.63, 3.8) is 0 Å². The molecule has 0 unspecified atom stereocenters. The van der Waals surface area contributed by atoms with Crippen molar-refractivity contribution in [1.82, 2.24) is 9.55 Å². The summed E-state index contributed by atoms with van der Waals surface area (Å²) < 4.78 is 13.4. The molecule has 5 rings (SSSR count). The maximum absolute atomic E-state index is 13.3. The van der Waals surface area contributed by atoms with Gasteiger partial charge in [0.05, 0.1) is 18.3 Å². The monoisotopic (exact) mass is 390 g/mol. The van der Waals surface area contributed by atoms with Gasteiger partial charge < -0.3 is 9.47 Å². The summed E-state index contributed by atoms with van der Waals surface area (Å²) in [7, 11) is 0. The minimum Gasteiger partial charge on any atom is -0.486 e. The van der Waals surface area contributed by atoms with Crippen LogP contribution in [-0.4, -0.2) is 22.3 Å². The van der Waals surface area contributed by atoms with Crippen LogP contribution in [0.1, 0.15) is 4.88 Å². The minimum atomic E-state index is -0.244. The molecule has 0 saturated carbocycles. The number of fused-ring (bicyclic) bond motifs is 2. The Morgan fingerprint density at radius 3 is 2.68 bits per heavy atom. The van der Waals surface area contributed by atoms with Gasteiger partial charge in [-0.25, -0.2) is 4.98 Å². The number of ether oxygens (including phenoxy) is 2. The van der Waals surface area contributed by atoms with Crippen molar-refractivity contribution in [3.8, 4) is 22.6 Å². The summed E-state index contributed by atoms with van der Waals surface area (Å²) in [5.74, 6) is 1.44. The highest BCUT2D eigenvalue weighted by Crippen LogP contribution is 2.35. The molecule has 5 nitrogen and oxygen atoms in total. The third-order valence-electron chi connectivity index (χ3n) is 4.89. The molecule has 1 aliphatic rings. The number of rotatable bonds is 3. The first-order chi connectivity index (χ1) is 13.7. The predicted octanol–water partition coefficient (Wildman–Crippen LogP) is 4.27. The molecule has 0 amide bonds. The van der Waals surface area contributed by atoms with Crippen LogP contribution < -0.4 is 15.0 Å². The van der Waals surface area contributed by atoms with E-state index >= 15 is 0 Å². The van der Waals surface area contributed by atoms with Gasteiger partial charge in [0.15, 0.2) is 17.6 Å². The molecule has 4 aromatic rings. The zero-order valence-electron chi connectivity index (χ0n) is 15.3. The SMILES string of the molecule is Cc1sc2ncn(C[C@H]3COc4ccccc4O3)c(=O)c2c1-c1ccccc1. The largest absolute Gasteiger partial charge is 0.486 e. The van der Waals surface area contributed by atoms with Crippen molar-refractivity contribution in [2.24, 2.45) is 0 Å². The Kier molecular flexibility index (Phi) is 4.13. The van der Waals surface area contributed by atoms with Crippen LogP contribution in [0, 0.1) is 6.92 Å². The zero-order chi connectivity index (χ0) is 19.1. The average Bonchev–Trinajstić information content (AvgIpc) is 3.07. The minimum absolute atomic E-state index is 0.0457. The number of hydrogen-bond acceptors (Lipinski definition) is 5. The fourth-order valence-corrected chi connectivity index (χ4v) is 4.60. The van der Waals surface area contributed by atoms with Crippen molar-refractivity contribution < 1.29 is 9.47 Å². The number of benzene rings is 2. The van der Waals surface area contributed by atoms with Gasteiger partial charge in [0, 0.05) is 10.4 Å². The predicted molar refractivity (Wildman–Crippen MR) is 110 cm³/mol. The standard InChI is InChI=1S/C22H18N2O3S/c1-14-19(15-7-3-2-4-8-15)20-21(28-14)23-13-24(22(20)25)11-16-12-26-17-9-5-6-10-18(17)27-16/h2-10,13,16H,11-12H2,1H3/t16-/m0/s1. The topological polar surface area (TPSA) is 53.4 Å². The maximum Gasteiger partial charge on any atom is 0.262 e. The van der Waals surface area contributed by atoms with Crippen molar-refractivity contribution in [3.05, 3.63) is 76.2 Å². The molecule has 0 aliphatic carbocycles. The van der Waals surface area contributed by atoms with Crippen LogP contribution in [-0.2, 0) is 6.54 Å². The molecule has 1 atom stereocenters. The number of nitrogens with zero attached hydrogens (tertiary/aromatic N) is 2. The molecule has 0 bridgehead atoms. The molecule has 6 heteroatoms. The number of aryl methyl sites for hydroxylation is 1. The normalized spacial score (nSPS) is 15.7. The summed E-state index contributed by atoms with van der Waals surface area (Å²) in [5.41, 5.74) is 1.96. The van der Waals surface area contributed by atoms with E-state index in [0.29, 0.717) is 24.3 Å². The van der Waals surface area contributed by atoms with E-state index in [1.165, 1.54) is 0 Å². The van der Waals surface area contributed by atoms with E-state index < -0.39 is 0 Å². The summed E-state index contributed by atoms with van der Waals surface area (Å²) >= 11 is 1.55. The summed E-state index contributed by atoms with van der Waals surface area (Å²) in [6.45, 7) is 2.82. The summed E-state index contributed by atoms with van der Waals surface area (Å²) in [4.78, 5) is 19.7. The van der Waals surface area contributed by atoms with E-state index in [1.807, 2.05) is 61.5 Å². The molecule has 2 aromatic carbocycles. The second-order valence-corrected chi connectivity index (χ2v) is 7.98. The Morgan fingerprint density at radius 1 is 1.11 bits per heavy atom.